The van der Waals surface area contributed by atoms with Crippen molar-refractivity contribution >= 4 is 11.6 Å². The first-order valence-corrected chi connectivity index (χ1v) is 6.60. The minimum atomic E-state index is -0.0410. The van der Waals surface area contributed by atoms with E-state index in [4.69, 9.17) is 21.1 Å². The molecule has 2 rings (SSSR count). The van der Waals surface area contributed by atoms with Gasteiger partial charge in [-0.25, -0.2) is 0 Å². The monoisotopic (exact) mass is 293 g/mol. The second kappa shape index (κ2) is 6.05. The van der Waals surface area contributed by atoms with E-state index in [0.717, 1.165) is 11.1 Å². The second-order valence-electron chi connectivity index (χ2n) is 4.58. The third-order valence-electron chi connectivity index (χ3n) is 2.52. The smallest absolute Gasteiger partial charge is 0.321 e. The molecule has 0 radical (unpaired) electrons. The van der Waals surface area contributed by atoms with Crippen molar-refractivity contribution in [2.75, 3.05) is 7.11 Å². The lowest BCUT2D eigenvalue weighted by molar-refractivity contribution is 0.222. The van der Waals surface area contributed by atoms with Gasteiger partial charge >= 0.3 is 6.01 Å². The Kier molecular flexibility index (Phi) is 4.39. The summed E-state index contributed by atoms with van der Waals surface area (Å²) in [7, 11) is 1.60. The van der Waals surface area contributed by atoms with Crippen molar-refractivity contribution in [2.45, 2.75) is 26.9 Å². The van der Waals surface area contributed by atoms with Gasteiger partial charge in [0.05, 0.1) is 18.8 Å². The van der Waals surface area contributed by atoms with Crippen LogP contribution in [0.5, 0.6) is 11.8 Å². The number of aryl methyl sites for hydroxylation is 1. The molecular formula is C14H16ClN3O2. The Morgan fingerprint density at radius 1 is 1.15 bits per heavy atom. The molecule has 0 spiro atoms. The molecule has 1 aromatic heterocycles. The SMILES string of the molecule is COc1ccc(C)cc1-c1nc(Cl)nc(OC(C)C)n1. The van der Waals surface area contributed by atoms with Gasteiger partial charge in [-0.15, -0.1) is 0 Å². The first kappa shape index (κ1) is 14.5. The molecule has 0 aliphatic rings. The number of methoxy groups -OCH3 is 1. The molecule has 0 saturated heterocycles. The molecule has 0 fully saturated rings. The van der Waals surface area contributed by atoms with Crippen LogP contribution in [-0.2, 0) is 0 Å². The summed E-state index contributed by atoms with van der Waals surface area (Å²) in [6, 6.07) is 5.96. The summed E-state index contributed by atoms with van der Waals surface area (Å²) >= 11 is 5.94. The van der Waals surface area contributed by atoms with Gasteiger partial charge < -0.3 is 9.47 Å². The maximum atomic E-state index is 5.94. The molecule has 0 bridgehead atoms. The molecule has 1 aromatic carbocycles. The quantitative estimate of drug-likeness (QED) is 0.865. The van der Waals surface area contributed by atoms with Gasteiger partial charge in [-0.1, -0.05) is 11.6 Å². The van der Waals surface area contributed by atoms with Gasteiger partial charge in [0.25, 0.3) is 0 Å². The van der Waals surface area contributed by atoms with Gasteiger partial charge in [0.2, 0.25) is 5.28 Å². The van der Waals surface area contributed by atoms with E-state index in [1.165, 1.54) is 0 Å². The van der Waals surface area contributed by atoms with Crippen molar-refractivity contribution in [3.05, 3.63) is 29.0 Å². The number of nitrogens with zero attached hydrogens (tertiary/aromatic N) is 3. The van der Waals surface area contributed by atoms with Crippen LogP contribution in [0.1, 0.15) is 19.4 Å². The summed E-state index contributed by atoms with van der Waals surface area (Å²) < 4.78 is 10.8. The molecule has 0 aliphatic heterocycles. The summed E-state index contributed by atoms with van der Waals surface area (Å²) in [6.07, 6.45) is -0.0410. The molecule has 2 aromatic rings. The highest BCUT2D eigenvalue weighted by atomic mass is 35.5. The van der Waals surface area contributed by atoms with Crippen molar-refractivity contribution in [3.63, 3.8) is 0 Å². The Bertz CT molecular complexity index is 617. The van der Waals surface area contributed by atoms with E-state index in [-0.39, 0.29) is 17.4 Å². The molecule has 0 unspecified atom stereocenters. The highest BCUT2D eigenvalue weighted by Crippen LogP contribution is 2.29. The topological polar surface area (TPSA) is 57.1 Å². The molecule has 0 atom stereocenters. The number of halogens is 1. The minimum Gasteiger partial charge on any atom is -0.496 e. The average molecular weight is 294 g/mol. The standard InChI is InChI=1S/C14H16ClN3O2/c1-8(2)20-14-17-12(16-13(15)18-14)10-7-9(3)5-6-11(10)19-4/h5-8H,1-4H3. The highest BCUT2D eigenvalue weighted by molar-refractivity contribution is 6.28. The predicted octanol–water partition coefficient (Wildman–Crippen LogP) is 3.30. The lowest BCUT2D eigenvalue weighted by atomic mass is 10.1. The normalized spacial score (nSPS) is 10.7. The number of benzene rings is 1. The largest absolute Gasteiger partial charge is 0.496 e. The van der Waals surface area contributed by atoms with E-state index in [0.29, 0.717) is 11.6 Å². The van der Waals surface area contributed by atoms with E-state index in [1.54, 1.807) is 7.11 Å². The summed E-state index contributed by atoms with van der Waals surface area (Å²) in [5.74, 6) is 1.11. The molecule has 20 heavy (non-hydrogen) atoms. The van der Waals surface area contributed by atoms with Crippen LogP contribution in [-0.4, -0.2) is 28.2 Å². The van der Waals surface area contributed by atoms with Gasteiger partial charge in [-0.3, -0.25) is 0 Å². The Balaban J connectivity index is 2.51. The number of hydrogen-bond acceptors (Lipinski definition) is 5. The molecule has 6 heteroatoms. The van der Waals surface area contributed by atoms with Crippen LogP contribution in [0.2, 0.25) is 5.28 Å². The van der Waals surface area contributed by atoms with Crippen LogP contribution in [0.15, 0.2) is 18.2 Å². The molecule has 0 N–H and O–H groups in total. The Hall–Kier alpha value is -1.88. The molecular weight excluding hydrogens is 278 g/mol. The maximum Gasteiger partial charge on any atom is 0.321 e. The fourth-order valence-electron chi connectivity index (χ4n) is 1.71. The summed E-state index contributed by atoms with van der Waals surface area (Å²) in [4.78, 5) is 12.4. The zero-order valence-corrected chi connectivity index (χ0v) is 12.6. The Labute approximate surface area is 123 Å². The van der Waals surface area contributed by atoms with Gasteiger partial charge in [0.15, 0.2) is 5.82 Å². The summed E-state index contributed by atoms with van der Waals surface area (Å²) in [5, 5.41) is 0.0919. The van der Waals surface area contributed by atoms with E-state index < -0.39 is 0 Å². The number of rotatable bonds is 4. The van der Waals surface area contributed by atoms with E-state index in [2.05, 4.69) is 15.0 Å². The predicted molar refractivity (Wildman–Crippen MR) is 77.3 cm³/mol. The zero-order chi connectivity index (χ0) is 14.7. The molecule has 0 aliphatic carbocycles. The van der Waals surface area contributed by atoms with Crippen molar-refractivity contribution < 1.29 is 9.47 Å². The number of hydrogen-bond donors (Lipinski definition) is 0. The number of ether oxygens (including phenoxy) is 2. The molecule has 106 valence electrons. The minimum absolute atomic E-state index is 0.0410. The second-order valence-corrected chi connectivity index (χ2v) is 4.92. The van der Waals surface area contributed by atoms with Crippen LogP contribution < -0.4 is 9.47 Å². The average Bonchev–Trinajstić information content (AvgIpc) is 2.37. The lowest BCUT2D eigenvalue weighted by Crippen LogP contribution is -2.09. The summed E-state index contributed by atoms with van der Waals surface area (Å²) in [5.41, 5.74) is 1.83. The molecule has 5 nitrogen and oxygen atoms in total. The van der Waals surface area contributed by atoms with Gasteiger partial charge in [-0.05, 0) is 44.5 Å². The molecule has 0 amide bonds. The fraction of sp³-hybridized carbons (Fsp3) is 0.357. The van der Waals surface area contributed by atoms with Crippen LogP contribution >= 0.6 is 11.6 Å². The van der Waals surface area contributed by atoms with Crippen LogP contribution in [0, 0.1) is 6.92 Å². The van der Waals surface area contributed by atoms with E-state index in [9.17, 15) is 0 Å². The van der Waals surface area contributed by atoms with Gasteiger partial charge in [0.1, 0.15) is 5.75 Å². The van der Waals surface area contributed by atoms with Crippen LogP contribution in [0.25, 0.3) is 11.4 Å². The van der Waals surface area contributed by atoms with Gasteiger partial charge in [-0.2, -0.15) is 15.0 Å². The molecule has 0 saturated carbocycles. The number of aromatic nitrogens is 3. The third kappa shape index (κ3) is 3.36. The third-order valence-corrected chi connectivity index (χ3v) is 2.69. The first-order valence-electron chi connectivity index (χ1n) is 6.23. The maximum absolute atomic E-state index is 5.94. The van der Waals surface area contributed by atoms with Crippen LogP contribution in [0.4, 0.5) is 0 Å². The van der Waals surface area contributed by atoms with Crippen molar-refractivity contribution in [1.82, 2.24) is 15.0 Å². The van der Waals surface area contributed by atoms with Crippen molar-refractivity contribution in [2.24, 2.45) is 0 Å². The van der Waals surface area contributed by atoms with Crippen molar-refractivity contribution in [1.29, 1.82) is 0 Å². The first-order chi connectivity index (χ1) is 9.49. The van der Waals surface area contributed by atoms with E-state index >= 15 is 0 Å². The lowest BCUT2D eigenvalue weighted by Gasteiger charge is -2.11. The summed E-state index contributed by atoms with van der Waals surface area (Å²) in [6.45, 7) is 5.77. The zero-order valence-electron chi connectivity index (χ0n) is 11.8. The van der Waals surface area contributed by atoms with Crippen molar-refractivity contribution in [3.8, 4) is 23.1 Å². The Morgan fingerprint density at radius 3 is 2.55 bits per heavy atom. The van der Waals surface area contributed by atoms with Gasteiger partial charge in [0, 0.05) is 0 Å². The van der Waals surface area contributed by atoms with Crippen LogP contribution in [0.3, 0.4) is 0 Å². The van der Waals surface area contributed by atoms with E-state index in [1.807, 2.05) is 39.0 Å². The fourth-order valence-corrected chi connectivity index (χ4v) is 1.86. The highest BCUT2D eigenvalue weighted by Gasteiger charge is 2.13. The Morgan fingerprint density at radius 2 is 1.90 bits per heavy atom. The molecule has 1 heterocycles.